The molecule has 2 aromatic rings. The molecule has 0 fully saturated rings. The van der Waals surface area contributed by atoms with Crippen molar-refractivity contribution in [1.82, 2.24) is 0 Å². The molecule has 1 aliphatic rings. The Morgan fingerprint density at radius 1 is 1.00 bits per heavy atom. The third kappa shape index (κ3) is 1.76. The maximum atomic E-state index is 11.1. The van der Waals surface area contributed by atoms with Crippen molar-refractivity contribution in [3.8, 4) is 11.1 Å². The van der Waals surface area contributed by atoms with Crippen molar-refractivity contribution >= 4 is 17.1 Å². The quantitative estimate of drug-likeness (QED) is 0.668. The first-order valence-corrected chi connectivity index (χ1v) is 5.87. The van der Waals surface area contributed by atoms with E-state index in [1.54, 1.807) is 6.07 Å². The molecule has 0 bridgehead atoms. The van der Waals surface area contributed by atoms with Gasteiger partial charge in [-0.3, -0.25) is 20.2 Å². The maximum absolute atomic E-state index is 11.1. The number of nitrogens with one attached hydrogen (secondary N) is 1. The summed E-state index contributed by atoms with van der Waals surface area (Å²) in [5, 5.41) is 25.0. The van der Waals surface area contributed by atoms with Gasteiger partial charge >= 0.3 is 0 Å². The Labute approximate surface area is 113 Å². The summed E-state index contributed by atoms with van der Waals surface area (Å²) in [5.74, 6) is 0. The highest BCUT2D eigenvalue weighted by atomic mass is 16.6. The van der Waals surface area contributed by atoms with Gasteiger partial charge in [-0.25, -0.2) is 0 Å². The van der Waals surface area contributed by atoms with Crippen molar-refractivity contribution in [2.45, 2.75) is 6.54 Å². The van der Waals surface area contributed by atoms with Crippen LogP contribution in [0.3, 0.4) is 0 Å². The number of benzene rings is 2. The first-order chi connectivity index (χ1) is 9.58. The molecule has 0 saturated carbocycles. The Balaban J connectivity index is 2.33. The van der Waals surface area contributed by atoms with Crippen molar-refractivity contribution in [2.24, 2.45) is 0 Å². The lowest BCUT2D eigenvalue weighted by molar-refractivity contribution is -0.393. The Kier molecular flexibility index (Phi) is 2.60. The lowest BCUT2D eigenvalue weighted by Gasteiger charge is -2.20. The van der Waals surface area contributed by atoms with E-state index < -0.39 is 9.85 Å². The largest absolute Gasteiger partial charge is 0.375 e. The summed E-state index contributed by atoms with van der Waals surface area (Å²) in [5.41, 5.74) is 2.01. The minimum Gasteiger partial charge on any atom is -0.375 e. The second-order valence-corrected chi connectivity index (χ2v) is 4.41. The predicted octanol–water partition coefficient (Wildman–Crippen LogP) is 3.10. The number of fused-ring (bicyclic) bond motifs is 3. The average molecular weight is 271 g/mol. The van der Waals surface area contributed by atoms with Gasteiger partial charge in [-0.05, 0) is 11.1 Å². The lowest BCUT2D eigenvalue weighted by atomic mass is 9.93. The van der Waals surface area contributed by atoms with Crippen LogP contribution in [0.5, 0.6) is 0 Å². The predicted molar refractivity (Wildman–Crippen MR) is 72.5 cm³/mol. The number of nitro groups is 2. The van der Waals surface area contributed by atoms with Gasteiger partial charge in [0, 0.05) is 18.2 Å². The third-order valence-corrected chi connectivity index (χ3v) is 3.27. The highest BCUT2D eigenvalue weighted by Crippen LogP contribution is 2.43. The molecule has 0 aliphatic carbocycles. The minimum atomic E-state index is -0.621. The number of hydrogen-bond donors (Lipinski definition) is 1. The molecule has 0 atom stereocenters. The van der Waals surface area contributed by atoms with E-state index in [2.05, 4.69) is 5.32 Å². The number of rotatable bonds is 2. The van der Waals surface area contributed by atoms with Gasteiger partial charge < -0.3 is 5.32 Å². The van der Waals surface area contributed by atoms with Crippen LogP contribution >= 0.6 is 0 Å². The minimum absolute atomic E-state index is 0.274. The molecule has 7 nitrogen and oxygen atoms in total. The molecule has 0 saturated heterocycles. The molecule has 0 aromatic heterocycles. The summed E-state index contributed by atoms with van der Waals surface area (Å²) in [4.78, 5) is 20.8. The zero-order valence-electron chi connectivity index (χ0n) is 10.2. The fourth-order valence-electron chi connectivity index (χ4n) is 2.38. The van der Waals surface area contributed by atoms with Crippen LogP contribution in [0, 0.1) is 20.2 Å². The molecule has 0 radical (unpaired) electrons. The SMILES string of the molecule is O=[N+]([O-])c1cc2c(c([N+](=O)[O-])c1)NCc1ccccc1-2. The molecule has 7 heteroatoms. The smallest absolute Gasteiger partial charge is 0.299 e. The van der Waals surface area contributed by atoms with E-state index >= 15 is 0 Å². The standard InChI is InChI=1S/C13H9N3O4/c17-15(18)9-5-11-10-4-2-1-3-8(10)7-14-13(11)12(6-9)16(19)20/h1-6,14H,7H2. The molecule has 20 heavy (non-hydrogen) atoms. The van der Waals surface area contributed by atoms with Crippen LogP contribution in [0.25, 0.3) is 11.1 Å². The topological polar surface area (TPSA) is 98.3 Å². The van der Waals surface area contributed by atoms with E-state index in [-0.39, 0.29) is 11.4 Å². The number of nitrogens with zero attached hydrogens (tertiary/aromatic N) is 2. The summed E-state index contributed by atoms with van der Waals surface area (Å²) in [7, 11) is 0. The fourth-order valence-corrected chi connectivity index (χ4v) is 2.38. The maximum Gasteiger partial charge on any atom is 0.299 e. The van der Waals surface area contributed by atoms with E-state index in [9.17, 15) is 20.2 Å². The summed E-state index contributed by atoms with van der Waals surface area (Å²) >= 11 is 0. The van der Waals surface area contributed by atoms with Crippen LogP contribution in [0.4, 0.5) is 17.1 Å². The number of anilines is 1. The van der Waals surface area contributed by atoms with Crippen molar-refractivity contribution < 1.29 is 9.85 Å². The summed E-state index contributed by atoms with van der Waals surface area (Å²) in [6, 6.07) is 9.71. The number of hydrogen-bond acceptors (Lipinski definition) is 5. The molecule has 1 aliphatic heterocycles. The second kappa shape index (κ2) is 4.30. The first-order valence-electron chi connectivity index (χ1n) is 5.87. The highest BCUT2D eigenvalue weighted by molar-refractivity contribution is 5.90. The molecular formula is C13H9N3O4. The highest BCUT2D eigenvalue weighted by Gasteiger charge is 2.28. The third-order valence-electron chi connectivity index (χ3n) is 3.27. The molecule has 0 unspecified atom stereocenters. The number of non-ortho nitro benzene ring substituents is 1. The summed E-state index contributed by atoms with van der Waals surface area (Å²) < 4.78 is 0. The Bertz CT molecular complexity index is 742. The zero-order valence-corrected chi connectivity index (χ0v) is 10.2. The van der Waals surface area contributed by atoms with Gasteiger partial charge in [-0.1, -0.05) is 24.3 Å². The normalized spacial score (nSPS) is 12.0. The van der Waals surface area contributed by atoms with Crippen LogP contribution in [0.2, 0.25) is 0 Å². The van der Waals surface area contributed by atoms with E-state index in [4.69, 9.17) is 0 Å². The van der Waals surface area contributed by atoms with E-state index in [1.807, 2.05) is 18.2 Å². The molecule has 0 amide bonds. The van der Waals surface area contributed by atoms with Crippen molar-refractivity contribution in [3.63, 3.8) is 0 Å². The number of nitro benzene ring substituents is 2. The van der Waals surface area contributed by atoms with Crippen molar-refractivity contribution in [1.29, 1.82) is 0 Å². The van der Waals surface area contributed by atoms with Gasteiger partial charge in [0.05, 0.1) is 15.9 Å². The van der Waals surface area contributed by atoms with E-state index in [0.717, 1.165) is 17.2 Å². The summed E-state index contributed by atoms with van der Waals surface area (Å²) in [6.07, 6.45) is 0. The molecule has 1 N–H and O–H groups in total. The average Bonchev–Trinajstić information content (AvgIpc) is 2.45. The Hall–Kier alpha value is -2.96. The van der Waals surface area contributed by atoms with Crippen LogP contribution in [-0.2, 0) is 6.54 Å². The van der Waals surface area contributed by atoms with Gasteiger partial charge in [-0.2, -0.15) is 0 Å². The first kappa shape index (κ1) is 12.1. The lowest BCUT2D eigenvalue weighted by Crippen LogP contribution is -2.11. The van der Waals surface area contributed by atoms with Crippen LogP contribution in [-0.4, -0.2) is 9.85 Å². The monoisotopic (exact) mass is 271 g/mol. The van der Waals surface area contributed by atoms with E-state index in [1.165, 1.54) is 6.07 Å². The molecule has 100 valence electrons. The van der Waals surface area contributed by atoms with E-state index in [0.29, 0.717) is 17.8 Å². The fraction of sp³-hybridized carbons (Fsp3) is 0.0769. The van der Waals surface area contributed by atoms with Crippen LogP contribution in [0.15, 0.2) is 36.4 Å². The van der Waals surface area contributed by atoms with Crippen LogP contribution in [0.1, 0.15) is 5.56 Å². The molecular weight excluding hydrogens is 262 g/mol. The molecule has 2 aromatic carbocycles. The Morgan fingerprint density at radius 3 is 2.45 bits per heavy atom. The van der Waals surface area contributed by atoms with Gasteiger partial charge in [0.25, 0.3) is 11.4 Å². The van der Waals surface area contributed by atoms with Gasteiger partial charge in [0.2, 0.25) is 0 Å². The van der Waals surface area contributed by atoms with Crippen molar-refractivity contribution in [3.05, 3.63) is 62.2 Å². The summed E-state index contributed by atoms with van der Waals surface area (Å²) in [6.45, 7) is 0.460. The van der Waals surface area contributed by atoms with Crippen LogP contribution < -0.4 is 5.32 Å². The molecule has 0 spiro atoms. The Morgan fingerprint density at radius 2 is 1.75 bits per heavy atom. The zero-order chi connectivity index (χ0) is 14.3. The molecule has 1 heterocycles. The molecule has 3 rings (SSSR count). The van der Waals surface area contributed by atoms with Gasteiger partial charge in [0.15, 0.2) is 0 Å². The second-order valence-electron chi connectivity index (χ2n) is 4.41. The van der Waals surface area contributed by atoms with Gasteiger partial charge in [0.1, 0.15) is 5.69 Å². The van der Waals surface area contributed by atoms with Gasteiger partial charge in [-0.15, -0.1) is 0 Å². The van der Waals surface area contributed by atoms with Crippen molar-refractivity contribution in [2.75, 3.05) is 5.32 Å².